The minimum absolute atomic E-state index is 0.0404. The third-order valence-electron chi connectivity index (χ3n) is 6.06. The second kappa shape index (κ2) is 11.7. The zero-order chi connectivity index (χ0) is 25.5. The molecule has 2 aromatic carbocycles. The lowest BCUT2D eigenvalue weighted by atomic mass is 10.1. The highest BCUT2D eigenvalue weighted by atomic mass is 32.1. The first-order valence-electron chi connectivity index (χ1n) is 11.6. The van der Waals surface area contributed by atoms with Crippen LogP contribution >= 0.6 is 11.3 Å². The Bertz CT molecular complexity index is 1430. The number of rotatable bonds is 6. The average molecular weight is 506 g/mol. The SMILES string of the molecule is O=C(O)/C=C/C(=O)O.O=c1ccc2ccc(CCN3CCN(c4cccc5sccc45)CC3)cc2[nH]1. The predicted octanol–water partition coefficient (Wildman–Crippen LogP) is 3.82. The fourth-order valence-electron chi connectivity index (χ4n) is 4.25. The summed E-state index contributed by atoms with van der Waals surface area (Å²) in [4.78, 5) is 38.6. The number of aromatic nitrogens is 1. The molecule has 1 fully saturated rings. The number of H-pyrrole nitrogens is 1. The van der Waals surface area contributed by atoms with Crippen LogP contribution in [-0.4, -0.2) is 64.8 Å². The number of benzene rings is 2. The number of anilines is 1. The lowest BCUT2D eigenvalue weighted by Crippen LogP contribution is -2.47. The summed E-state index contributed by atoms with van der Waals surface area (Å²) < 4.78 is 1.37. The van der Waals surface area contributed by atoms with E-state index in [0.717, 1.165) is 50.0 Å². The molecule has 0 amide bonds. The van der Waals surface area contributed by atoms with Crippen LogP contribution in [0.5, 0.6) is 0 Å². The molecule has 0 spiro atoms. The van der Waals surface area contributed by atoms with E-state index < -0.39 is 11.9 Å². The van der Waals surface area contributed by atoms with Gasteiger partial charge in [-0.2, -0.15) is 0 Å². The Morgan fingerprint density at radius 2 is 1.67 bits per heavy atom. The molecule has 0 aliphatic carbocycles. The summed E-state index contributed by atoms with van der Waals surface area (Å²) in [5, 5.41) is 20.3. The molecule has 9 heteroatoms. The fraction of sp³-hybridized carbons (Fsp3) is 0.222. The predicted molar refractivity (Wildman–Crippen MR) is 143 cm³/mol. The van der Waals surface area contributed by atoms with Gasteiger partial charge in [-0.15, -0.1) is 11.3 Å². The van der Waals surface area contributed by atoms with Gasteiger partial charge in [0.25, 0.3) is 0 Å². The summed E-state index contributed by atoms with van der Waals surface area (Å²) in [6, 6.07) is 18.7. The molecular weight excluding hydrogens is 478 g/mol. The molecule has 0 unspecified atom stereocenters. The van der Waals surface area contributed by atoms with Crippen molar-refractivity contribution < 1.29 is 19.8 Å². The molecule has 1 saturated heterocycles. The fourth-order valence-corrected chi connectivity index (χ4v) is 5.06. The largest absolute Gasteiger partial charge is 0.478 e. The normalized spacial score (nSPS) is 14.2. The van der Waals surface area contributed by atoms with Gasteiger partial charge in [0.15, 0.2) is 0 Å². The number of piperazine rings is 1. The number of nitrogens with zero attached hydrogens (tertiary/aromatic N) is 2. The quantitative estimate of drug-likeness (QED) is 0.341. The highest BCUT2D eigenvalue weighted by molar-refractivity contribution is 7.17. The van der Waals surface area contributed by atoms with Gasteiger partial charge in [0.1, 0.15) is 0 Å². The molecule has 1 aliphatic rings. The Morgan fingerprint density at radius 1 is 0.944 bits per heavy atom. The number of aromatic amines is 1. The number of aliphatic carboxylic acids is 2. The van der Waals surface area contributed by atoms with Crippen LogP contribution < -0.4 is 10.5 Å². The van der Waals surface area contributed by atoms with Crippen molar-refractivity contribution in [2.24, 2.45) is 0 Å². The molecule has 36 heavy (non-hydrogen) atoms. The van der Waals surface area contributed by atoms with Crippen LogP contribution in [0.15, 0.2) is 76.9 Å². The van der Waals surface area contributed by atoms with Crippen LogP contribution in [0.2, 0.25) is 0 Å². The first-order valence-corrected chi connectivity index (χ1v) is 12.5. The topological polar surface area (TPSA) is 114 Å². The average Bonchev–Trinajstić information content (AvgIpc) is 3.36. The number of carbonyl (C=O) groups is 2. The van der Waals surface area contributed by atoms with Crippen LogP contribution in [0.3, 0.4) is 0 Å². The van der Waals surface area contributed by atoms with Gasteiger partial charge in [0, 0.05) is 72.2 Å². The number of carboxylic acid groups (broad SMARTS) is 2. The number of hydrogen-bond donors (Lipinski definition) is 3. The Balaban J connectivity index is 0.000000331. The smallest absolute Gasteiger partial charge is 0.328 e. The van der Waals surface area contributed by atoms with Gasteiger partial charge >= 0.3 is 11.9 Å². The monoisotopic (exact) mass is 505 g/mol. The molecule has 3 N–H and O–H groups in total. The van der Waals surface area contributed by atoms with E-state index in [9.17, 15) is 14.4 Å². The molecule has 0 bridgehead atoms. The van der Waals surface area contributed by atoms with E-state index in [0.29, 0.717) is 12.2 Å². The maximum absolute atomic E-state index is 11.5. The highest BCUT2D eigenvalue weighted by Crippen LogP contribution is 2.31. The Labute approximate surface area is 211 Å². The van der Waals surface area contributed by atoms with E-state index in [-0.39, 0.29) is 5.56 Å². The van der Waals surface area contributed by atoms with Gasteiger partial charge in [-0.25, -0.2) is 9.59 Å². The minimum atomic E-state index is -1.26. The van der Waals surface area contributed by atoms with Crippen molar-refractivity contribution in [3.05, 3.63) is 88.0 Å². The summed E-state index contributed by atoms with van der Waals surface area (Å²) in [5.41, 5.74) is 3.54. The third-order valence-corrected chi connectivity index (χ3v) is 6.94. The maximum Gasteiger partial charge on any atom is 0.328 e. The van der Waals surface area contributed by atoms with Crippen LogP contribution in [0.4, 0.5) is 5.69 Å². The van der Waals surface area contributed by atoms with Gasteiger partial charge < -0.3 is 20.1 Å². The van der Waals surface area contributed by atoms with E-state index >= 15 is 0 Å². The summed E-state index contributed by atoms with van der Waals surface area (Å²) in [6.07, 6.45) is 2.12. The number of carboxylic acids is 2. The van der Waals surface area contributed by atoms with E-state index in [1.807, 2.05) is 17.4 Å². The van der Waals surface area contributed by atoms with E-state index in [1.54, 1.807) is 6.07 Å². The Hall–Kier alpha value is -3.95. The van der Waals surface area contributed by atoms with Crippen LogP contribution in [0.25, 0.3) is 21.0 Å². The molecule has 0 atom stereocenters. The number of thiophene rings is 1. The lowest BCUT2D eigenvalue weighted by Gasteiger charge is -2.36. The van der Waals surface area contributed by atoms with Crippen molar-refractivity contribution in [3.8, 4) is 0 Å². The van der Waals surface area contributed by atoms with Gasteiger partial charge in [-0.3, -0.25) is 9.69 Å². The van der Waals surface area contributed by atoms with Gasteiger partial charge in [-0.1, -0.05) is 18.2 Å². The maximum atomic E-state index is 11.5. The standard InChI is InChI=1S/C23H23N3OS.C4H4O4/c27-23-7-6-18-5-4-17(16-20(18)24-23)8-10-25-11-13-26(14-12-25)21-2-1-3-22-19(21)9-15-28-22;5-3(6)1-2-4(7)8/h1-7,9,15-16H,8,10-14H2,(H,24,27);1-2H,(H,5,6)(H,7,8)/b;2-1+. The summed E-state index contributed by atoms with van der Waals surface area (Å²) in [6.45, 7) is 5.37. The summed E-state index contributed by atoms with van der Waals surface area (Å²) in [7, 11) is 0. The van der Waals surface area contributed by atoms with Crippen LogP contribution in [-0.2, 0) is 16.0 Å². The number of hydrogen-bond acceptors (Lipinski definition) is 6. The molecular formula is C27H27N3O5S. The minimum Gasteiger partial charge on any atom is -0.478 e. The number of fused-ring (bicyclic) bond motifs is 2. The van der Waals surface area contributed by atoms with Gasteiger partial charge in [0.2, 0.25) is 5.56 Å². The van der Waals surface area contributed by atoms with Crippen molar-refractivity contribution in [2.45, 2.75) is 6.42 Å². The molecule has 4 aromatic rings. The molecule has 5 rings (SSSR count). The molecule has 2 aromatic heterocycles. The molecule has 186 valence electrons. The Kier molecular flexibility index (Phi) is 8.14. The summed E-state index contributed by atoms with van der Waals surface area (Å²) >= 11 is 1.81. The van der Waals surface area contributed by atoms with Crippen molar-refractivity contribution >= 4 is 50.0 Å². The number of nitrogens with one attached hydrogen (secondary N) is 1. The molecule has 1 aliphatic heterocycles. The molecule has 0 radical (unpaired) electrons. The van der Waals surface area contributed by atoms with Gasteiger partial charge in [-0.05, 0) is 53.1 Å². The lowest BCUT2D eigenvalue weighted by molar-refractivity contribution is -0.134. The van der Waals surface area contributed by atoms with E-state index in [1.165, 1.54) is 21.3 Å². The Morgan fingerprint density at radius 3 is 2.39 bits per heavy atom. The molecule has 0 saturated carbocycles. The second-order valence-corrected chi connectivity index (χ2v) is 9.39. The second-order valence-electron chi connectivity index (χ2n) is 8.44. The van der Waals surface area contributed by atoms with E-state index in [2.05, 4.69) is 62.6 Å². The van der Waals surface area contributed by atoms with Crippen LogP contribution in [0, 0.1) is 0 Å². The van der Waals surface area contributed by atoms with Crippen molar-refractivity contribution in [1.29, 1.82) is 0 Å². The zero-order valence-corrected chi connectivity index (χ0v) is 20.4. The van der Waals surface area contributed by atoms with Crippen molar-refractivity contribution in [1.82, 2.24) is 9.88 Å². The number of pyridine rings is 1. The van der Waals surface area contributed by atoms with Crippen molar-refractivity contribution in [2.75, 3.05) is 37.6 Å². The highest BCUT2D eigenvalue weighted by Gasteiger charge is 2.18. The zero-order valence-electron chi connectivity index (χ0n) is 19.6. The summed E-state index contributed by atoms with van der Waals surface area (Å²) in [5.74, 6) is -2.51. The van der Waals surface area contributed by atoms with Crippen LogP contribution in [0.1, 0.15) is 5.56 Å². The van der Waals surface area contributed by atoms with Crippen molar-refractivity contribution in [3.63, 3.8) is 0 Å². The first-order chi connectivity index (χ1) is 17.4. The van der Waals surface area contributed by atoms with E-state index in [4.69, 9.17) is 10.2 Å². The molecule has 3 heterocycles. The van der Waals surface area contributed by atoms with Gasteiger partial charge in [0.05, 0.1) is 0 Å². The first kappa shape index (κ1) is 25.2. The molecule has 8 nitrogen and oxygen atoms in total. The third kappa shape index (κ3) is 6.59.